The molecule has 0 aliphatic carbocycles. The molecule has 4 nitrogen and oxygen atoms in total. The van der Waals surface area contributed by atoms with E-state index >= 15 is 0 Å². The number of fused-ring (bicyclic) bond motifs is 1. The van der Waals surface area contributed by atoms with Crippen molar-refractivity contribution in [1.82, 2.24) is 9.88 Å². The van der Waals surface area contributed by atoms with Gasteiger partial charge in [0.2, 0.25) is 5.91 Å². The highest BCUT2D eigenvalue weighted by Gasteiger charge is 2.12. The fraction of sp³-hybridized carbons (Fsp3) is 0.286. The fourth-order valence-corrected chi connectivity index (χ4v) is 3.18. The van der Waals surface area contributed by atoms with Gasteiger partial charge in [-0.25, -0.2) is 0 Å². The first-order valence-electron chi connectivity index (χ1n) is 8.63. The summed E-state index contributed by atoms with van der Waals surface area (Å²) in [6.45, 7) is 2.87. The average Bonchev–Trinajstić information content (AvgIpc) is 2.95. The van der Waals surface area contributed by atoms with Gasteiger partial charge in [-0.1, -0.05) is 48.5 Å². The number of carbonyl (C=O) groups is 1. The zero-order chi connectivity index (χ0) is 17.6. The van der Waals surface area contributed by atoms with E-state index in [1.165, 1.54) is 16.5 Å². The molecular weight excluding hydrogens is 312 g/mol. The quantitative estimate of drug-likeness (QED) is 0.697. The SMILES string of the molecule is Cc1cn(CC(=O)NC[C@H](CO)Cc2ccccc2)c2ccccc12. The highest BCUT2D eigenvalue weighted by molar-refractivity contribution is 5.85. The van der Waals surface area contributed by atoms with Crippen molar-refractivity contribution >= 4 is 16.8 Å². The number of hydrogen-bond acceptors (Lipinski definition) is 2. The number of para-hydroxylation sites is 1. The third-order valence-electron chi connectivity index (χ3n) is 4.52. The van der Waals surface area contributed by atoms with Gasteiger partial charge in [0, 0.05) is 36.2 Å². The molecule has 1 aromatic heterocycles. The number of aliphatic hydroxyl groups is 1. The molecule has 3 rings (SSSR count). The van der Waals surface area contributed by atoms with E-state index in [4.69, 9.17) is 0 Å². The van der Waals surface area contributed by atoms with E-state index in [1.807, 2.05) is 59.3 Å². The predicted octanol–water partition coefficient (Wildman–Crippen LogP) is 2.92. The van der Waals surface area contributed by atoms with Crippen LogP contribution in [0.1, 0.15) is 11.1 Å². The van der Waals surface area contributed by atoms with E-state index in [1.54, 1.807) is 0 Å². The molecule has 0 fully saturated rings. The van der Waals surface area contributed by atoms with Gasteiger partial charge in [0.15, 0.2) is 0 Å². The fourth-order valence-electron chi connectivity index (χ4n) is 3.18. The molecule has 25 heavy (non-hydrogen) atoms. The number of nitrogens with zero attached hydrogens (tertiary/aromatic N) is 1. The molecule has 0 spiro atoms. The number of aromatic nitrogens is 1. The molecule has 0 aliphatic rings. The molecule has 2 N–H and O–H groups in total. The van der Waals surface area contributed by atoms with Crippen LogP contribution in [0.3, 0.4) is 0 Å². The zero-order valence-electron chi connectivity index (χ0n) is 14.5. The summed E-state index contributed by atoms with van der Waals surface area (Å²) in [5.41, 5.74) is 3.40. The predicted molar refractivity (Wildman–Crippen MR) is 100 cm³/mol. The van der Waals surface area contributed by atoms with Gasteiger partial charge >= 0.3 is 0 Å². The Morgan fingerprint density at radius 1 is 1.12 bits per heavy atom. The summed E-state index contributed by atoms with van der Waals surface area (Å²) in [5.74, 6) is -0.0123. The molecule has 0 unspecified atom stereocenters. The Bertz CT molecular complexity index is 839. The summed E-state index contributed by atoms with van der Waals surface area (Å²) < 4.78 is 1.98. The van der Waals surface area contributed by atoms with Gasteiger partial charge in [0.05, 0.1) is 0 Å². The van der Waals surface area contributed by atoms with Gasteiger partial charge in [-0.15, -0.1) is 0 Å². The number of amides is 1. The molecule has 0 bridgehead atoms. The van der Waals surface area contributed by atoms with Crippen molar-refractivity contribution in [2.45, 2.75) is 19.9 Å². The van der Waals surface area contributed by atoms with Crippen LogP contribution < -0.4 is 5.32 Å². The van der Waals surface area contributed by atoms with Crippen LogP contribution in [0.15, 0.2) is 60.8 Å². The lowest BCUT2D eigenvalue weighted by molar-refractivity contribution is -0.121. The van der Waals surface area contributed by atoms with Gasteiger partial charge in [-0.05, 0) is 30.5 Å². The molecule has 0 radical (unpaired) electrons. The second-order valence-electron chi connectivity index (χ2n) is 6.50. The number of hydrogen-bond donors (Lipinski definition) is 2. The Morgan fingerprint density at radius 3 is 2.60 bits per heavy atom. The van der Waals surface area contributed by atoms with Crippen molar-refractivity contribution in [1.29, 1.82) is 0 Å². The van der Waals surface area contributed by atoms with Crippen LogP contribution in [0.25, 0.3) is 10.9 Å². The van der Waals surface area contributed by atoms with Crippen LogP contribution in [0.5, 0.6) is 0 Å². The number of benzene rings is 2. The minimum Gasteiger partial charge on any atom is -0.396 e. The Labute approximate surface area is 148 Å². The average molecular weight is 336 g/mol. The van der Waals surface area contributed by atoms with Gasteiger partial charge < -0.3 is 15.0 Å². The summed E-state index contributed by atoms with van der Waals surface area (Å²) in [7, 11) is 0. The summed E-state index contributed by atoms with van der Waals surface area (Å²) >= 11 is 0. The van der Waals surface area contributed by atoms with E-state index in [-0.39, 0.29) is 25.0 Å². The Balaban J connectivity index is 1.58. The molecule has 0 saturated carbocycles. The number of aliphatic hydroxyl groups excluding tert-OH is 1. The first kappa shape index (κ1) is 17.2. The second kappa shape index (κ2) is 7.99. The molecule has 0 aliphatic heterocycles. The molecular formula is C21H24N2O2. The number of rotatable bonds is 7. The van der Waals surface area contributed by atoms with Crippen LogP contribution >= 0.6 is 0 Å². The van der Waals surface area contributed by atoms with E-state index in [0.29, 0.717) is 6.54 Å². The van der Waals surface area contributed by atoms with Crippen LogP contribution in [-0.4, -0.2) is 28.7 Å². The Morgan fingerprint density at radius 2 is 1.84 bits per heavy atom. The maximum absolute atomic E-state index is 12.3. The van der Waals surface area contributed by atoms with E-state index in [2.05, 4.69) is 18.3 Å². The summed E-state index contributed by atoms with van der Waals surface area (Å²) in [6.07, 6.45) is 2.76. The molecule has 130 valence electrons. The molecule has 1 amide bonds. The summed E-state index contributed by atoms with van der Waals surface area (Å²) in [4.78, 5) is 12.3. The highest BCUT2D eigenvalue weighted by atomic mass is 16.3. The normalized spacial score (nSPS) is 12.2. The standard InChI is InChI=1S/C21H24N2O2/c1-16-13-23(20-10-6-5-9-19(16)20)14-21(25)22-12-18(15-24)11-17-7-3-2-4-8-17/h2-10,13,18,24H,11-12,14-15H2,1H3,(H,22,25)/t18-/m1/s1. The first-order chi connectivity index (χ1) is 12.2. The number of aryl methyl sites for hydroxylation is 1. The largest absolute Gasteiger partial charge is 0.396 e. The maximum Gasteiger partial charge on any atom is 0.239 e. The van der Waals surface area contributed by atoms with Crippen molar-refractivity contribution in [3.8, 4) is 0 Å². The Hall–Kier alpha value is -2.59. The molecule has 0 saturated heterocycles. The molecule has 1 atom stereocenters. The lowest BCUT2D eigenvalue weighted by atomic mass is 10.00. The van der Waals surface area contributed by atoms with Crippen molar-refractivity contribution in [2.75, 3.05) is 13.2 Å². The van der Waals surface area contributed by atoms with Crippen molar-refractivity contribution < 1.29 is 9.90 Å². The van der Waals surface area contributed by atoms with Crippen LogP contribution in [0.2, 0.25) is 0 Å². The van der Waals surface area contributed by atoms with Crippen LogP contribution in [-0.2, 0) is 17.8 Å². The minimum atomic E-state index is -0.0349. The molecule has 2 aromatic carbocycles. The van der Waals surface area contributed by atoms with Crippen LogP contribution in [0.4, 0.5) is 0 Å². The van der Waals surface area contributed by atoms with Crippen molar-refractivity contribution in [2.24, 2.45) is 5.92 Å². The lowest BCUT2D eigenvalue weighted by Crippen LogP contribution is -2.34. The van der Waals surface area contributed by atoms with E-state index < -0.39 is 0 Å². The summed E-state index contributed by atoms with van der Waals surface area (Å²) in [5, 5.41) is 13.7. The summed E-state index contributed by atoms with van der Waals surface area (Å²) in [6, 6.07) is 18.1. The lowest BCUT2D eigenvalue weighted by Gasteiger charge is -2.15. The van der Waals surface area contributed by atoms with Crippen molar-refractivity contribution in [3.05, 3.63) is 71.9 Å². The third kappa shape index (κ3) is 4.28. The van der Waals surface area contributed by atoms with Crippen LogP contribution in [0, 0.1) is 12.8 Å². The monoisotopic (exact) mass is 336 g/mol. The topological polar surface area (TPSA) is 54.3 Å². The highest BCUT2D eigenvalue weighted by Crippen LogP contribution is 2.20. The second-order valence-corrected chi connectivity index (χ2v) is 6.50. The van der Waals surface area contributed by atoms with Gasteiger partial charge in [0.1, 0.15) is 6.54 Å². The minimum absolute atomic E-state index is 0.0227. The molecule has 3 aromatic rings. The smallest absolute Gasteiger partial charge is 0.239 e. The molecule has 1 heterocycles. The molecule has 4 heteroatoms. The van der Waals surface area contributed by atoms with Gasteiger partial charge in [0.25, 0.3) is 0 Å². The van der Waals surface area contributed by atoms with Gasteiger partial charge in [-0.2, -0.15) is 0 Å². The van der Waals surface area contributed by atoms with E-state index in [0.717, 1.165) is 11.9 Å². The Kier molecular flexibility index (Phi) is 5.51. The number of carbonyl (C=O) groups excluding carboxylic acids is 1. The zero-order valence-corrected chi connectivity index (χ0v) is 14.5. The first-order valence-corrected chi connectivity index (χ1v) is 8.63. The third-order valence-corrected chi connectivity index (χ3v) is 4.52. The van der Waals surface area contributed by atoms with E-state index in [9.17, 15) is 9.90 Å². The maximum atomic E-state index is 12.3. The van der Waals surface area contributed by atoms with Crippen molar-refractivity contribution in [3.63, 3.8) is 0 Å². The van der Waals surface area contributed by atoms with Gasteiger partial charge in [-0.3, -0.25) is 4.79 Å². The number of nitrogens with one attached hydrogen (secondary N) is 1.